The summed E-state index contributed by atoms with van der Waals surface area (Å²) in [6, 6.07) is 0. The van der Waals surface area contributed by atoms with E-state index in [1.807, 2.05) is 0 Å². The molecule has 0 spiro atoms. The van der Waals surface area contributed by atoms with E-state index in [4.69, 9.17) is 10.2 Å². The smallest absolute Gasteiger partial charge is 2.00 e. The molecule has 0 rings (SSSR count). The van der Waals surface area contributed by atoms with Crippen molar-refractivity contribution in [2.45, 2.75) is 0 Å². The van der Waals surface area contributed by atoms with Gasteiger partial charge in [0.05, 0.1) is 13.2 Å². The zero-order valence-corrected chi connectivity index (χ0v) is 6.39. The van der Waals surface area contributed by atoms with Crippen molar-refractivity contribution in [3.8, 4) is 0 Å². The molecule has 3 nitrogen and oxygen atoms in total. The van der Waals surface area contributed by atoms with E-state index in [0.29, 0.717) is 0 Å². The van der Waals surface area contributed by atoms with Gasteiger partial charge in [0.15, 0.2) is 0 Å². The molecule has 0 saturated heterocycles. The van der Waals surface area contributed by atoms with Crippen molar-refractivity contribution in [1.29, 1.82) is 0 Å². The molecule has 0 aliphatic heterocycles. The van der Waals surface area contributed by atoms with E-state index in [2.05, 4.69) is 0 Å². The van der Waals surface area contributed by atoms with Crippen LogP contribution in [0.4, 0.5) is 0 Å². The summed E-state index contributed by atoms with van der Waals surface area (Å²) in [5.74, 6) is 0. The molecule has 0 aromatic rings. The van der Waals surface area contributed by atoms with Crippen molar-refractivity contribution >= 4 is 0 Å². The van der Waals surface area contributed by atoms with E-state index in [1.54, 1.807) is 0 Å². The van der Waals surface area contributed by atoms with E-state index >= 15 is 0 Å². The fourth-order valence-electron chi connectivity index (χ4n) is 0. The Kier molecular flexibility index (Phi) is 47.6. The molecule has 0 unspecified atom stereocenters. The minimum Gasteiger partial charge on any atom is -2.00 e. The summed E-state index contributed by atoms with van der Waals surface area (Å²) in [6.45, 7) is -0.250. The third-order valence-electron chi connectivity index (χ3n) is 0.1000. The van der Waals surface area contributed by atoms with Gasteiger partial charge in [0.2, 0.25) is 0 Å². The Morgan fingerprint density at radius 1 is 1.00 bits per heavy atom. The van der Waals surface area contributed by atoms with Crippen LogP contribution in [0.1, 0.15) is 0 Å². The summed E-state index contributed by atoms with van der Waals surface area (Å²) in [4.78, 5) is 0. The van der Waals surface area contributed by atoms with Crippen LogP contribution >= 0.6 is 0 Å². The molecule has 0 aliphatic carbocycles. The van der Waals surface area contributed by atoms with Gasteiger partial charge in [-0.1, -0.05) is 0 Å². The summed E-state index contributed by atoms with van der Waals surface area (Å²) >= 11 is 0. The van der Waals surface area contributed by atoms with Gasteiger partial charge in [-0.3, -0.25) is 0 Å². The first kappa shape index (κ1) is 16.0. The third kappa shape index (κ3) is 24.5. The average Bonchev–Trinajstić information content (AvgIpc) is 1.37. The van der Waals surface area contributed by atoms with Crippen LogP contribution in [0.3, 0.4) is 0 Å². The number of hydrogen-bond donors (Lipinski definition) is 2. The maximum absolute atomic E-state index is 7.62. The van der Waals surface area contributed by atoms with Crippen LogP contribution in [0.2, 0.25) is 0 Å². The fourth-order valence-corrected chi connectivity index (χ4v) is 0. The van der Waals surface area contributed by atoms with Gasteiger partial charge in [-0.2, -0.15) is 0 Å². The molecule has 0 aromatic heterocycles. The standard InChI is InChI=1S/C2H6O2.O.Zn/c3-1-2-4;;/h3-4H,1-2H2;;/q;-2;+2. The first-order valence-electron chi connectivity index (χ1n) is 1.13. The van der Waals surface area contributed by atoms with Gasteiger partial charge in [-0.25, -0.2) is 0 Å². The molecule has 0 radical (unpaired) electrons. The molecule has 0 fully saturated rings. The Bertz CT molecular complexity index is 10.8. The Labute approximate surface area is 49.1 Å². The molecule has 0 bridgehead atoms. The maximum Gasteiger partial charge on any atom is 2.00 e. The third-order valence-corrected chi connectivity index (χ3v) is 0.1000. The van der Waals surface area contributed by atoms with Crippen LogP contribution in [-0.2, 0) is 25.0 Å². The van der Waals surface area contributed by atoms with E-state index < -0.39 is 0 Å². The maximum atomic E-state index is 7.62. The SMILES string of the molecule is OCCO.[O-2].[Zn+2]. The van der Waals surface area contributed by atoms with Gasteiger partial charge in [0.1, 0.15) is 0 Å². The molecule has 4 heteroatoms. The van der Waals surface area contributed by atoms with Crippen molar-refractivity contribution in [3.63, 3.8) is 0 Å². The van der Waals surface area contributed by atoms with Crippen molar-refractivity contribution in [2.24, 2.45) is 0 Å². The summed E-state index contributed by atoms with van der Waals surface area (Å²) < 4.78 is 0. The van der Waals surface area contributed by atoms with Gasteiger partial charge in [-0.15, -0.1) is 0 Å². The molecule has 0 atom stereocenters. The number of aliphatic hydroxyl groups excluding tert-OH is 2. The predicted molar refractivity (Wildman–Crippen MR) is 14.9 cm³/mol. The van der Waals surface area contributed by atoms with Gasteiger partial charge in [0, 0.05) is 0 Å². The van der Waals surface area contributed by atoms with E-state index in [9.17, 15) is 0 Å². The molecular weight excluding hydrogens is 137 g/mol. The van der Waals surface area contributed by atoms with Crippen LogP contribution in [0.15, 0.2) is 0 Å². The monoisotopic (exact) mass is 142 g/mol. The molecule has 0 saturated carbocycles. The predicted octanol–water partition coefficient (Wildman–Crippen LogP) is -1.15. The van der Waals surface area contributed by atoms with Gasteiger partial charge >= 0.3 is 19.5 Å². The second-order valence-electron chi connectivity index (χ2n) is 0.447. The molecule has 0 heterocycles. The van der Waals surface area contributed by atoms with Gasteiger partial charge in [0.25, 0.3) is 0 Å². The van der Waals surface area contributed by atoms with E-state index in [-0.39, 0.29) is 38.2 Å². The Balaban J connectivity index is -0.0000000450. The fraction of sp³-hybridized carbons (Fsp3) is 1.00. The zero-order chi connectivity index (χ0) is 3.41. The second kappa shape index (κ2) is 17.8. The molecular formula is C2H6O3Zn. The summed E-state index contributed by atoms with van der Waals surface area (Å²) in [5, 5.41) is 15.2. The molecule has 0 aromatic carbocycles. The van der Waals surface area contributed by atoms with Gasteiger partial charge in [-0.05, 0) is 0 Å². The number of aliphatic hydroxyl groups is 2. The minimum absolute atomic E-state index is 0. The van der Waals surface area contributed by atoms with Crippen LogP contribution in [0.5, 0.6) is 0 Å². The van der Waals surface area contributed by atoms with Gasteiger partial charge < -0.3 is 15.7 Å². The van der Waals surface area contributed by atoms with Crippen molar-refractivity contribution in [3.05, 3.63) is 0 Å². The van der Waals surface area contributed by atoms with Crippen molar-refractivity contribution in [2.75, 3.05) is 13.2 Å². The van der Waals surface area contributed by atoms with Crippen molar-refractivity contribution < 1.29 is 35.2 Å². The Hall–Kier alpha value is 0.503. The number of rotatable bonds is 1. The largest absolute Gasteiger partial charge is 2.00 e. The Morgan fingerprint density at radius 2 is 1.17 bits per heavy atom. The van der Waals surface area contributed by atoms with Crippen LogP contribution in [-0.4, -0.2) is 23.4 Å². The molecule has 6 heavy (non-hydrogen) atoms. The number of hydrogen-bond acceptors (Lipinski definition) is 2. The van der Waals surface area contributed by atoms with Crippen molar-refractivity contribution in [1.82, 2.24) is 0 Å². The molecule has 2 N–H and O–H groups in total. The topological polar surface area (TPSA) is 69.0 Å². The summed E-state index contributed by atoms with van der Waals surface area (Å²) in [5.41, 5.74) is 0. The average molecular weight is 143 g/mol. The normalized spacial score (nSPS) is 5.00. The second-order valence-corrected chi connectivity index (χ2v) is 0.447. The molecule has 0 amide bonds. The van der Waals surface area contributed by atoms with Crippen LogP contribution in [0, 0.1) is 0 Å². The van der Waals surface area contributed by atoms with E-state index in [0.717, 1.165) is 0 Å². The van der Waals surface area contributed by atoms with E-state index in [1.165, 1.54) is 0 Å². The van der Waals surface area contributed by atoms with Crippen LogP contribution < -0.4 is 0 Å². The first-order valence-corrected chi connectivity index (χ1v) is 1.13. The first-order chi connectivity index (χ1) is 1.91. The zero-order valence-electron chi connectivity index (χ0n) is 3.42. The molecule has 34 valence electrons. The summed E-state index contributed by atoms with van der Waals surface area (Å²) in [7, 11) is 0. The quantitative estimate of drug-likeness (QED) is 0.455. The summed E-state index contributed by atoms with van der Waals surface area (Å²) in [6.07, 6.45) is 0. The minimum atomic E-state index is -0.125. The molecule has 0 aliphatic rings. The Morgan fingerprint density at radius 3 is 1.17 bits per heavy atom. The van der Waals surface area contributed by atoms with Crippen LogP contribution in [0.25, 0.3) is 0 Å².